The lowest BCUT2D eigenvalue weighted by Gasteiger charge is -2.06. The van der Waals surface area contributed by atoms with Crippen molar-refractivity contribution in [2.45, 2.75) is 20.0 Å². The van der Waals surface area contributed by atoms with Crippen molar-refractivity contribution in [3.63, 3.8) is 0 Å². The zero-order chi connectivity index (χ0) is 11.2. The summed E-state index contributed by atoms with van der Waals surface area (Å²) in [5.41, 5.74) is 1.32. The zero-order valence-corrected chi connectivity index (χ0v) is 9.56. The molecule has 0 bridgehead atoms. The Balaban J connectivity index is 1.72. The first-order chi connectivity index (χ1) is 7.86. The third kappa shape index (κ3) is 2.94. The van der Waals surface area contributed by atoms with Gasteiger partial charge in [0, 0.05) is 32.0 Å². The molecule has 0 aliphatic heterocycles. The van der Waals surface area contributed by atoms with Crippen molar-refractivity contribution >= 4 is 0 Å². The third-order valence-electron chi connectivity index (χ3n) is 2.63. The van der Waals surface area contributed by atoms with Gasteiger partial charge in [-0.25, -0.2) is 4.98 Å². The molecule has 16 heavy (non-hydrogen) atoms. The summed E-state index contributed by atoms with van der Waals surface area (Å²) in [7, 11) is 0. The van der Waals surface area contributed by atoms with Crippen LogP contribution in [0.3, 0.4) is 0 Å². The monoisotopic (exact) mass is 215 g/mol. The van der Waals surface area contributed by atoms with Crippen LogP contribution in [0.5, 0.6) is 0 Å². The molecule has 0 saturated heterocycles. The molecule has 1 heterocycles. The fraction of sp³-hybridized carbons (Fsp3) is 0.308. The van der Waals surface area contributed by atoms with E-state index >= 15 is 0 Å². The number of hydrogen-bond donors (Lipinski definition) is 1. The highest BCUT2D eigenvalue weighted by molar-refractivity contribution is 5.14. The van der Waals surface area contributed by atoms with Gasteiger partial charge >= 0.3 is 0 Å². The maximum absolute atomic E-state index is 4.19. The van der Waals surface area contributed by atoms with E-state index in [1.807, 2.05) is 25.4 Å². The molecule has 0 aliphatic carbocycles. The summed E-state index contributed by atoms with van der Waals surface area (Å²) in [6.07, 6.45) is 3.85. The minimum atomic E-state index is 0.925. The highest BCUT2D eigenvalue weighted by Gasteiger charge is 1.95. The van der Waals surface area contributed by atoms with Crippen LogP contribution in [0.25, 0.3) is 0 Å². The minimum Gasteiger partial charge on any atom is -0.334 e. The summed E-state index contributed by atoms with van der Waals surface area (Å²) >= 11 is 0. The number of aromatic nitrogens is 2. The molecule has 1 N–H and O–H groups in total. The molecule has 0 amide bonds. The van der Waals surface area contributed by atoms with Gasteiger partial charge in [0.2, 0.25) is 0 Å². The van der Waals surface area contributed by atoms with Crippen LogP contribution in [-0.2, 0) is 13.1 Å². The molecule has 0 aliphatic rings. The van der Waals surface area contributed by atoms with Gasteiger partial charge in [0.25, 0.3) is 0 Å². The third-order valence-corrected chi connectivity index (χ3v) is 2.63. The highest BCUT2D eigenvalue weighted by Crippen LogP contribution is 1.97. The van der Waals surface area contributed by atoms with Gasteiger partial charge in [0.15, 0.2) is 0 Å². The van der Waals surface area contributed by atoms with Crippen LogP contribution in [0.4, 0.5) is 0 Å². The highest BCUT2D eigenvalue weighted by atomic mass is 15.1. The Morgan fingerprint density at radius 3 is 2.75 bits per heavy atom. The summed E-state index contributed by atoms with van der Waals surface area (Å²) in [6.45, 7) is 4.89. The van der Waals surface area contributed by atoms with E-state index in [-0.39, 0.29) is 0 Å². The average Bonchev–Trinajstić information content (AvgIpc) is 2.72. The van der Waals surface area contributed by atoms with Crippen molar-refractivity contribution in [1.29, 1.82) is 0 Å². The fourth-order valence-corrected chi connectivity index (χ4v) is 1.67. The Morgan fingerprint density at radius 2 is 2.06 bits per heavy atom. The van der Waals surface area contributed by atoms with Crippen molar-refractivity contribution < 1.29 is 0 Å². The van der Waals surface area contributed by atoms with Gasteiger partial charge in [-0.3, -0.25) is 0 Å². The second-order valence-electron chi connectivity index (χ2n) is 3.83. The summed E-state index contributed by atoms with van der Waals surface area (Å²) in [6, 6.07) is 10.4. The van der Waals surface area contributed by atoms with Crippen LogP contribution in [0.1, 0.15) is 11.4 Å². The average molecular weight is 215 g/mol. The number of hydrogen-bond acceptors (Lipinski definition) is 2. The van der Waals surface area contributed by atoms with E-state index in [0.717, 1.165) is 25.5 Å². The Morgan fingerprint density at radius 1 is 1.25 bits per heavy atom. The number of aryl methyl sites for hydroxylation is 1. The molecule has 0 atom stereocenters. The van der Waals surface area contributed by atoms with Crippen molar-refractivity contribution in [3.05, 3.63) is 54.1 Å². The summed E-state index contributed by atoms with van der Waals surface area (Å²) < 4.78 is 2.15. The molecular formula is C13H17N3. The number of nitrogens with zero attached hydrogens (tertiary/aromatic N) is 2. The summed E-state index contributed by atoms with van der Waals surface area (Å²) in [5.74, 6) is 1.07. The molecule has 3 heteroatoms. The van der Waals surface area contributed by atoms with Crippen molar-refractivity contribution in [1.82, 2.24) is 14.9 Å². The maximum Gasteiger partial charge on any atom is 0.105 e. The van der Waals surface area contributed by atoms with E-state index in [4.69, 9.17) is 0 Å². The second kappa shape index (κ2) is 5.47. The Hall–Kier alpha value is -1.61. The van der Waals surface area contributed by atoms with Gasteiger partial charge in [-0.05, 0) is 12.5 Å². The predicted molar refractivity (Wildman–Crippen MR) is 65.1 cm³/mol. The lowest BCUT2D eigenvalue weighted by atomic mass is 10.2. The Labute approximate surface area is 96.1 Å². The van der Waals surface area contributed by atoms with E-state index in [0.29, 0.717) is 0 Å². The van der Waals surface area contributed by atoms with E-state index in [1.54, 1.807) is 0 Å². The number of nitrogens with one attached hydrogen (secondary N) is 1. The summed E-state index contributed by atoms with van der Waals surface area (Å²) in [4.78, 5) is 4.19. The van der Waals surface area contributed by atoms with Crippen molar-refractivity contribution in [2.24, 2.45) is 0 Å². The van der Waals surface area contributed by atoms with E-state index < -0.39 is 0 Å². The van der Waals surface area contributed by atoms with E-state index in [2.05, 4.69) is 39.1 Å². The fourth-order valence-electron chi connectivity index (χ4n) is 1.67. The number of benzene rings is 1. The SMILES string of the molecule is Cc1nccn1CCNCc1ccccc1. The van der Waals surface area contributed by atoms with E-state index in [9.17, 15) is 0 Å². The molecule has 1 aromatic carbocycles. The van der Waals surface area contributed by atoms with Gasteiger partial charge in [-0.2, -0.15) is 0 Å². The standard InChI is InChI=1S/C13H17N3/c1-12-15-8-10-16(12)9-7-14-11-13-5-3-2-4-6-13/h2-6,8,10,14H,7,9,11H2,1H3. The first kappa shape index (κ1) is 10.9. The van der Waals surface area contributed by atoms with Crippen LogP contribution in [0.2, 0.25) is 0 Å². The molecule has 0 spiro atoms. The minimum absolute atomic E-state index is 0.925. The van der Waals surface area contributed by atoms with Gasteiger partial charge < -0.3 is 9.88 Å². The molecule has 0 radical (unpaired) electrons. The van der Waals surface area contributed by atoms with Crippen LogP contribution in [0.15, 0.2) is 42.7 Å². The van der Waals surface area contributed by atoms with E-state index in [1.165, 1.54) is 5.56 Å². The Kier molecular flexibility index (Phi) is 3.72. The molecule has 0 unspecified atom stereocenters. The van der Waals surface area contributed by atoms with Gasteiger partial charge in [-0.15, -0.1) is 0 Å². The first-order valence-corrected chi connectivity index (χ1v) is 5.58. The molecule has 2 rings (SSSR count). The van der Waals surface area contributed by atoms with Crippen LogP contribution in [-0.4, -0.2) is 16.1 Å². The van der Waals surface area contributed by atoms with Crippen LogP contribution in [0, 0.1) is 6.92 Å². The van der Waals surface area contributed by atoms with Crippen molar-refractivity contribution in [2.75, 3.05) is 6.54 Å². The Bertz CT molecular complexity index is 420. The molecule has 1 aromatic heterocycles. The molecule has 0 fully saturated rings. The number of rotatable bonds is 5. The summed E-state index contributed by atoms with van der Waals surface area (Å²) in [5, 5.41) is 3.42. The second-order valence-corrected chi connectivity index (χ2v) is 3.83. The van der Waals surface area contributed by atoms with Crippen LogP contribution < -0.4 is 5.32 Å². The smallest absolute Gasteiger partial charge is 0.105 e. The molecule has 2 aromatic rings. The largest absolute Gasteiger partial charge is 0.334 e. The topological polar surface area (TPSA) is 29.9 Å². The van der Waals surface area contributed by atoms with Crippen LogP contribution >= 0.6 is 0 Å². The molecule has 3 nitrogen and oxygen atoms in total. The van der Waals surface area contributed by atoms with Crippen molar-refractivity contribution in [3.8, 4) is 0 Å². The predicted octanol–water partition coefficient (Wildman–Crippen LogP) is 1.98. The molecule has 84 valence electrons. The van der Waals surface area contributed by atoms with Gasteiger partial charge in [0.1, 0.15) is 5.82 Å². The number of imidazole rings is 1. The lowest BCUT2D eigenvalue weighted by Crippen LogP contribution is -2.19. The quantitative estimate of drug-likeness (QED) is 0.773. The molecular weight excluding hydrogens is 198 g/mol. The normalized spacial score (nSPS) is 10.6. The first-order valence-electron chi connectivity index (χ1n) is 5.58. The zero-order valence-electron chi connectivity index (χ0n) is 9.56. The van der Waals surface area contributed by atoms with Gasteiger partial charge in [-0.1, -0.05) is 30.3 Å². The van der Waals surface area contributed by atoms with Gasteiger partial charge in [0.05, 0.1) is 0 Å². The maximum atomic E-state index is 4.19. The lowest BCUT2D eigenvalue weighted by molar-refractivity contribution is 0.587. The molecule has 0 saturated carbocycles.